The number of rotatable bonds is 3. The van der Waals surface area contributed by atoms with Crippen LogP contribution in [0.1, 0.15) is 12.7 Å². The molecule has 2 aliphatic rings. The van der Waals surface area contributed by atoms with Crippen LogP contribution < -0.4 is 0 Å². The van der Waals surface area contributed by atoms with Gasteiger partial charge in [-0.15, -0.1) is 0 Å². The first-order valence-electron chi connectivity index (χ1n) is 7.81. The quantitative estimate of drug-likeness (QED) is 0.848. The third-order valence-corrected chi connectivity index (χ3v) is 5.87. The molecule has 0 bridgehead atoms. The van der Waals surface area contributed by atoms with Gasteiger partial charge in [-0.05, 0) is 11.4 Å². The van der Waals surface area contributed by atoms with Crippen molar-refractivity contribution >= 4 is 28.3 Å². The minimum absolute atomic E-state index is 0.616. The van der Waals surface area contributed by atoms with E-state index in [4.69, 9.17) is 4.52 Å². The summed E-state index contributed by atoms with van der Waals surface area (Å²) in [5.41, 5.74) is 1.00. The number of hydrogen-bond donors (Lipinski definition) is 0. The highest BCUT2D eigenvalue weighted by Gasteiger charge is 2.25. The summed E-state index contributed by atoms with van der Waals surface area (Å²) >= 11 is 3.53. The van der Waals surface area contributed by atoms with E-state index in [1.807, 2.05) is 28.6 Å². The van der Waals surface area contributed by atoms with Crippen LogP contribution >= 0.6 is 23.1 Å². The second-order valence-corrected chi connectivity index (χ2v) is 8.03. The number of amidine groups is 1. The molecular weight excluding hydrogens is 330 g/mol. The van der Waals surface area contributed by atoms with Gasteiger partial charge in [-0.1, -0.05) is 23.8 Å². The van der Waals surface area contributed by atoms with Gasteiger partial charge in [0.25, 0.3) is 5.89 Å². The second-order valence-electron chi connectivity index (χ2n) is 5.84. The standard InChI is InChI=1S/C15H19N5OS2/c1-11-8-16-15(23-11)20-5-3-19(4-6-20)9-13-17-14(21-18-13)12-2-7-22-10-12/h2,7,10-11H,3-6,8-9H2,1H3. The maximum Gasteiger partial charge on any atom is 0.258 e. The third-order valence-electron chi connectivity index (χ3n) is 4.03. The number of aliphatic imine (C=N–C) groups is 1. The smallest absolute Gasteiger partial charge is 0.258 e. The normalized spacial score (nSPS) is 22.6. The predicted octanol–water partition coefficient (Wildman–Crippen LogP) is 2.41. The monoisotopic (exact) mass is 349 g/mol. The number of hydrogen-bond acceptors (Lipinski definition) is 8. The number of thiophene rings is 1. The maximum atomic E-state index is 5.35. The molecule has 8 heteroatoms. The Labute approximate surface area is 143 Å². The van der Waals surface area contributed by atoms with Crippen molar-refractivity contribution in [3.8, 4) is 11.5 Å². The Balaban J connectivity index is 1.31. The van der Waals surface area contributed by atoms with Gasteiger partial charge in [-0.3, -0.25) is 9.89 Å². The van der Waals surface area contributed by atoms with E-state index in [1.54, 1.807) is 11.3 Å². The van der Waals surface area contributed by atoms with E-state index in [-0.39, 0.29) is 0 Å². The fourth-order valence-corrected chi connectivity index (χ4v) is 4.37. The molecule has 2 aliphatic heterocycles. The Morgan fingerprint density at radius 3 is 2.87 bits per heavy atom. The summed E-state index contributed by atoms with van der Waals surface area (Å²) in [6.07, 6.45) is 0. The van der Waals surface area contributed by atoms with E-state index in [0.717, 1.165) is 50.7 Å². The molecule has 0 aromatic carbocycles. The van der Waals surface area contributed by atoms with Gasteiger partial charge in [-0.2, -0.15) is 16.3 Å². The Bertz CT molecular complexity index is 676. The lowest BCUT2D eigenvalue weighted by Gasteiger charge is -2.34. The zero-order valence-corrected chi connectivity index (χ0v) is 14.6. The Morgan fingerprint density at radius 1 is 1.30 bits per heavy atom. The van der Waals surface area contributed by atoms with E-state index >= 15 is 0 Å². The molecule has 6 nitrogen and oxygen atoms in total. The lowest BCUT2D eigenvalue weighted by Crippen LogP contribution is -2.47. The van der Waals surface area contributed by atoms with Crippen LogP contribution in [0.2, 0.25) is 0 Å². The van der Waals surface area contributed by atoms with E-state index in [0.29, 0.717) is 11.1 Å². The van der Waals surface area contributed by atoms with Gasteiger partial charge in [0.15, 0.2) is 11.0 Å². The molecule has 4 rings (SSSR count). The average Bonchev–Trinajstić information content (AvgIpc) is 3.28. The van der Waals surface area contributed by atoms with Crippen LogP contribution in [0.15, 0.2) is 26.3 Å². The van der Waals surface area contributed by atoms with E-state index in [9.17, 15) is 0 Å². The fourth-order valence-electron chi connectivity index (χ4n) is 2.75. The minimum Gasteiger partial charge on any atom is -0.349 e. The average molecular weight is 349 g/mol. The molecule has 0 amide bonds. The number of piperazine rings is 1. The van der Waals surface area contributed by atoms with Crippen molar-refractivity contribution in [2.45, 2.75) is 18.7 Å². The first kappa shape index (κ1) is 15.2. The fraction of sp³-hybridized carbons (Fsp3) is 0.533. The molecule has 1 saturated heterocycles. The molecule has 4 heterocycles. The van der Waals surface area contributed by atoms with Crippen LogP contribution in [-0.4, -0.2) is 63.1 Å². The molecule has 1 fully saturated rings. The van der Waals surface area contributed by atoms with Crippen molar-refractivity contribution in [3.63, 3.8) is 0 Å². The maximum absolute atomic E-state index is 5.35. The Morgan fingerprint density at radius 2 is 2.17 bits per heavy atom. The third kappa shape index (κ3) is 3.44. The highest BCUT2D eigenvalue weighted by atomic mass is 32.2. The van der Waals surface area contributed by atoms with Crippen LogP contribution in [0.25, 0.3) is 11.5 Å². The summed E-state index contributed by atoms with van der Waals surface area (Å²) < 4.78 is 5.35. The zero-order valence-electron chi connectivity index (χ0n) is 13.0. The van der Waals surface area contributed by atoms with Crippen molar-refractivity contribution in [3.05, 3.63) is 22.7 Å². The summed E-state index contributed by atoms with van der Waals surface area (Å²) in [6, 6.07) is 2.00. The van der Waals surface area contributed by atoms with Crippen LogP contribution in [0.3, 0.4) is 0 Å². The van der Waals surface area contributed by atoms with E-state index < -0.39 is 0 Å². The lowest BCUT2D eigenvalue weighted by molar-refractivity contribution is 0.172. The summed E-state index contributed by atoms with van der Waals surface area (Å²) in [6.45, 7) is 8.00. The molecule has 0 N–H and O–H groups in total. The molecule has 1 atom stereocenters. The van der Waals surface area contributed by atoms with Crippen LogP contribution in [0.5, 0.6) is 0 Å². The van der Waals surface area contributed by atoms with Crippen molar-refractivity contribution in [1.29, 1.82) is 0 Å². The first-order valence-corrected chi connectivity index (χ1v) is 9.64. The predicted molar refractivity (Wildman–Crippen MR) is 93.8 cm³/mol. The van der Waals surface area contributed by atoms with Gasteiger partial charge in [0.1, 0.15) is 0 Å². The van der Waals surface area contributed by atoms with E-state index in [1.165, 1.54) is 5.17 Å². The van der Waals surface area contributed by atoms with Gasteiger partial charge in [0.2, 0.25) is 0 Å². The molecule has 1 unspecified atom stereocenters. The lowest BCUT2D eigenvalue weighted by atomic mass is 10.3. The molecule has 23 heavy (non-hydrogen) atoms. The van der Waals surface area contributed by atoms with E-state index in [2.05, 4.69) is 31.9 Å². The second kappa shape index (κ2) is 6.62. The van der Waals surface area contributed by atoms with Crippen molar-refractivity contribution in [1.82, 2.24) is 19.9 Å². The van der Waals surface area contributed by atoms with Gasteiger partial charge >= 0.3 is 0 Å². The number of aromatic nitrogens is 2. The highest BCUT2D eigenvalue weighted by molar-refractivity contribution is 8.14. The molecule has 2 aromatic rings. The topological polar surface area (TPSA) is 57.8 Å². The minimum atomic E-state index is 0.616. The molecule has 0 saturated carbocycles. The van der Waals surface area contributed by atoms with Crippen molar-refractivity contribution < 1.29 is 4.52 Å². The van der Waals surface area contributed by atoms with Gasteiger partial charge < -0.3 is 9.42 Å². The van der Waals surface area contributed by atoms with Gasteiger partial charge in [-0.25, -0.2) is 0 Å². The SMILES string of the molecule is CC1CN=C(N2CCN(Cc3noc(-c4ccsc4)n3)CC2)S1. The molecule has 0 spiro atoms. The molecule has 0 aliphatic carbocycles. The van der Waals surface area contributed by atoms with Crippen LogP contribution in [0, 0.1) is 0 Å². The first-order chi connectivity index (χ1) is 11.3. The van der Waals surface area contributed by atoms with Crippen LogP contribution in [0.4, 0.5) is 0 Å². The Kier molecular flexibility index (Phi) is 4.37. The summed E-state index contributed by atoms with van der Waals surface area (Å²) in [7, 11) is 0. The summed E-state index contributed by atoms with van der Waals surface area (Å²) in [4.78, 5) is 13.9. The molecule has 0 radical (unpaired) electrons. The van der Waals surface area contributed by atoms with Crippen LogP contribution in [-0.2, 0) is 6.54 Å². The molecule has 2 aromatic heterocycles. The number of thioether (sulfide) groups is 1. The zero-order chi connectivity index (χ0) is 15.6. The largest absolute Gasteiger partial charge is 0.349 e. The summed E-state index contributed by atoms with van der Waals surface area (Å²) in [5.74, 6) is 1.38. The van der Waals surface area contributed by atoms with Gasteiger partial charge in [0.05, 0.1) is 18.7 Å². The summed E-state index contributed by atoms with van der Waals surface area (Å²) in [5, 5.41) is 9.99. The number of nitrogens with zero attached hydrogens (tertiary/aromatic N) is 5. The molecule has 122 valence electrons. The molecular formula is C15H19N5OS2. The van der Waals surface area contributed by atoms with Gasteiger partial charge in [0, 0.05) is 36.8 Å². The Hall–Kier alpha value is -1.38. The highest BCUT2D eigenvalue weighted by Crippen LogP contribution is 2.24. The van der Waals surface area contributed by atoms with Crippen molar-refractivity contribution in [2.24, 2.45) is 4.99 Å². The van der Waals surface area contributed by atoms with Crippen molar-refractivity contribution in [2.75, 3.05) is 32.7 Å².